The fraction of sp³-hybridized carbons (Fsp3) is 0.727. The van der Waals surface area contributed by atoms with Gasteiger partial charge in [0.05, 0.1) is 3.42 Å². The largest absolute Gasteiger partial charge is 0.359 e. The van der Waals surface area contributed by atoms with Crippen molar-refractivity contribution in [2.24, 2.45) is 5.41 Å². The molecule has 0 aliphatic carbocycles. The van der Waals surface area contributed by atoms with Crippen molar-refractivity contribution in [3.63, 3.8) is 0 Å². The van der Waals surface area contributed by atoms with E-state index >= 15 is 0 Å². The number of hydrogen-bond acceptors (Lipinski definition) is 3. The SMILES string of the molecule is CC(C)(C)CSc1cc(C(C)(C)I)on1. The van der Waals surface area contributed by atoms with Gasteiger partial charge < -0.3 is 4.52 Å². The van der Waals surface area contributed by atoms with Crippen molar-refractivity contribution in [3.05, 3.63) is 11.8 Å². The van der Waals surface area contributed by atoms with Gasteiger partial charge in [-0.3, -0.25) is 0 Å². The van der Waals surface area contributed by atoms with Gasteiger partial charge in [0, 0.05) is 11.8 Å². The van der Waals surface area contributed by atoms with E-state index in [1.807, 2.05) is 6.07 Å². The quantitative estimate of drug-likeness (QED) is 0.461. The van der Waals surface area contributed by atoms with E-state index in [0.29, 0.717) is 5.41 Å². The van der Waals surface area contributed by atoms with Crippen molar-refractivity contribution in [2.45, 2.75) is 43.1 Å². The first-order valence-corrected chi connectivity index (χ1v) is 7.04. The van der Waals surface area contributed by atoms with Crippen LogP contribution in [0.4, 0.5) is 0 Å². The third-order valence-corrected chi connectivity index (χ3v) is 3.76. The molecule has 1 aromatic heterocycles. The van der Waals surface area contributed by atoms with Crippen LogP contribution in [0.25, 0.3) is 0 Å². The number of nitrogens with zero attached hydrogens (tertiary/aromatic N) is 1. The highest BCUT2D eigenvalue weighted by Gasteiger charge is 2.22. The van der Waals surface area contributed by atoms with Crippen LogP contribution in [0.15, 0.2) is 15.6 Å². The van der Waals surface area contributed by atoms with E-state index in [2.05, 4.69) is 62.4 Å². The smallest absolute Gasteiger partial charge is 0.153 e. The van der Waals surface area contributed by atoms with E-state index in [1.165, 1.54) is 0 Å². The van der Waals surface area contributed by atoms with Crippen LogP contribution in [0.3, 0.4) is 0 Å². The fourth-order valence-electron chi connectivity index (χ4n) is 0.898. The average molecular weight is 339 g/mol. The van der Waals surface area contributed by atoms with Gasteiger partial charge in [-0.15, -0.1) is 11.8 Å². The van der Waals surface area contributed by atoms with Gasteiger partial charge in [-0.2, -0.15) is 0 Å². The van der Waals surface area contributed by atoms with Crippen LogP contribution in [-0.4, -0.2) is 10.9 Å². The molecule has 0 N–H and O–H groups in total. The van der Waals surface area contributed by atoms with Crippen molar-refractivity contribution in [1.29, 1.82) is 0 Å². The predicted molar refractivity (Wildman–Crippen MR) is 73.7 cm³/mol. The van der Waals surface area contributed by atoms with Crippen molar-refractivity contribution in [1.82, 2.24) is 5.16 Å². The molecular formula is C11H18INOS. The van der Waals surface area contributed by atoms with Gasteiger partial charge in [0.1, 0.15) is 5.03 Å². The molecular weight excluding hydrogens is 321 g/mol. The summed E-state index contributed by atoms with van der Waals surface area (Å²) in [5, 5.41) is 5.06. The Morgan fingerprint density at radius 3 is 2.33 bits per heavy atom. The molecule has 0 aromatic carbocycles. The molecule has 0 saturated carbocycles. The lowest BCUT2D eigenvalue weighted by atomic mass is 10.0. The Morgan fingerprint density at radius 1 is 1.33 bits per heavy atom. The maximum atomic E-state index is 5.32. The molecule has 1 heterocycles. The number of thioether (sulfide) groups is 1. The standard InChI is InChI=1S/C11H18INOS/c1-10(2,3)7-15-9-6-8(14-13-9)11(4,5)12/h6H,7H2,1-5H3. The Bertz CT molecular complexity index is 322. The zero-order valence-electron chi connectivity index (χ0n) is 9.93. The topological polar surface area (TPSA) is 26.0 Å². The summed E-state index contributed by atoms with van der Waals surface area (Å²) in [6.45, 7) is 10.9. The van der Waals surface area contributed by atoms with Crippen molar-refractivity contribution < 1.29 is 4.52 Å². The molecule has 0 bridgehead atoms. The third kappa shape index (κ3) is 4.76. The minimum Gasteiger partial charge on any atom is -0.359 e. The molecule has 0 amide bonds. The molecule has 0 atom stereocenters. The normalized spacial score (nSPS) is 13.2. The summed E-state index contributed by atoms with van der Waals surface area (Å²) in [7, 11) is 0. The molecule has 86 valence electrons. The predicted octanol–water partition coefficient (Wildman–Crippen LogP) is 4.48. The van der Waals surface area contributed by atoms with E-state index in [9.17, 15) is 0 Å². The van der Waals surface area contributed by atoms with Crippen LogP contribution in [0.2, 0.25) is 0 Å². The number of alkyl halides is 1. The third-order valence-electron chi connectivity index (χ3n) is 1.73. The lowest BCUT2D eigenvalue weighted by molar-refractivity contribution is 0.355. The Hall–Kier alpha value is 0.290. The van der Waals surface area contributed by atoms with Crippen molar-refractivity contribution in [2.75, 3.05) is 5.75 Å². The van der Waals surface area contributed by atoms with Gasteiger partial charge in [-0.25, -0.2) is 0 Å². The molecule has 2 nitrogen and oxygen atoms in total. The zero-order chi connectivity index (χ0) is 11.7. The maximum Gasteiger partial charge on any atom is 0.153 e. The van der Waals surface area contributed by atoms with E-state index in [-0.39, 0.29) is 3.42 Å². The highest BCUT2D eigenvalue weighted by molar-refractivity contribution is 14.1. The molecule has 0 aliphatic rings. The Balaban J connectivity index is 2.62. The highest BCUT2D eigenvalue weighted by Crippen LogP contribution is 2.34. The number of rotatable bonds is 3. The first kappa shape index (κ1) is 13.4. The van der Waals surface area contributed by atoms with Gasteiger partial charge in [0.15, 0.2) is 5.76 Å². The maximum absolute atomic E-state index is 5.32. The van der Waals surface area contributed by atoms with Crippen LogP contribution in [-0.2, 0) is 3.42 Å². The summed E-state index contributed by atoms with van der Waals surface area (Å²) in [5.41, 5.74) is 0.323. The fourth-order valence-corrected chi connectivity index (χ4v) is 2.01. The van der Waals surface area contributed by atoms with Crippen molar-refractivity contribution >= 4 is 34.4 Å². The van der Waals surface area contributed by atoms with E-state index < -0.39 is 0 Å². The summed E-state index contributed by atoms with van der Waals surface area (Å²) in [6.07, 6.45) is 0. The molecule has 0 spiro atoms. The molecule has 0 aliphatic heterocycles. The Morgan fingerprint density at radius 2 is 1.93 bits per heavy atom. The Labute approximate surface area is 110 Å². The van der Waals surface area contributed by atoms with E-state index in [4.69, 9.17) is 4.52 Å². The molecule has 0 saturated heterocycles. The average Bonchev–Trinajstić information content (AvgIpc) is 2.45. The summed E-state index contributed by atoms with van der Waals surface area (Å²) < 4.78 is 5.34. The second kappa shape index (κ2) is 4.65. The molecule has 0 fully saturated rings. The van der Waals surface area contributed by atoms with E-state index in [1.54, 1.807) is 11.8 Å². The highest BCUT2D eigenvalue weighted by atomic mass is 127. The second-order valence-electron chi connectivity index (χ2n) is 5.35. The molecule has 4 heteroatoms. The molecule has 1 rings (SSSR count). The summed E-state index contributed by atoms with van der Waals surface area (Å²) >= 11 is 4.11. The lowest BCUT2D eigenvalue weighted by Crippen LogP contribution is -2.07. The first-order valence-electron chi connectivity index (χ1n) is 4.97. The lowest BCUT2D eigenvalue weighted by Gasteiger charge is -2.15. The Kier molecular flexibility index (Phi) is 4.14. The molecule has 0 unspecified atom stereocenters. The summed E-state index contributed by atoms with van der Waals surface area (Å²) in [5.74, 6) is 2.00. The summed E-state index contributed by atoms with van der Waals surface area (Å²) in [6, 6.07) is 2.04. The van der Waals surface area contributed by atoms with E-state index in [0.717, 1.165) is 16.5 Å². The van der Waals surface area contributed by atoms with Gasteiger partial charge in [0.2, 0.25) is 0 Å². The minimum atomic E-state index is 0.0191. The van der Waals surface area contributed by atoms with Gasteiger partial charge in [-0.1, -0.05) is 48.5 Å². The van der Waals surface area contributed by atoms with Crippen LogP contribution >= 0.6 is 34.4 Å². The molecule has 15 heavy (non-hydrogen) atoms. The van der Waals surface area contributed by atoms with Crippen LogP contribution in [0.5, 0.6) is 0 Å². The number of aromatic nitrogens is 1. The van der Waals surface area contributed by atoms with Gasteiger partial charge >= 0.3 is 0 Å². The first-order chi connectivity index (χ1) is 6.68. The van der Waals surface area contributed by atoms with Crippen LogP contribution in [0.1, 0.15) is 40.4 Å². The van der Waals surface area contributed by atoms with Crippen molar-refractivity contribution in [3.8, 4) is 0 Å². The second-order valence-corrected chi connectivity index (χ2v) is 9.04. The summed E-state index contributed by atoms with van der Waals surface area (Å²) in [4.78, 5) is 0. The minimum absolute atomic E-state index is 0.0191. The van der Waals surface area contributed by atoms with Gasteiger partial charge in [-0.05, 0) is 19.3 Å². The zero-order valence-corrected chi connectivity index (χ0v) is 12.9. The number of halogens is 1. The van der Waals surface area contributed by atoms with Crippen LogP contribution in [0, 0.1) is 5.41 Å². The molecule has 0 radical (unpaired) electrons. The monoisotopic (exact) mass is 339 g/mol. The van der Waals surface area contributed by atoms with Gasteiger partial charge in [0.25, 0.3) is 0 Å². The molecule has 1 aromatic rings. The van der Waals surface area contributed by atoms with Crippen LogP contribution < -0.4 is 0 Å². The number of hydrogen-bond donors (Lipinski definition) is 0.